The van der Waals surface area contributed by atoms with Gasteiger partial charge in [-0.25, -0.2) is 0 Å². The molecule has 1 heterocycles. The van der Waals surface area contributed by atoms with E-state index in [9.17, 15) is 4.79 Å². The second kappa shape index (κ2) is 6.49. The zero-order chi connectivity index (χ0) is 14.8. The molecule has 3 rings (SSSR count). The second-order valence-electron chi connectivity index (χ2n) is 6.33. The van der Waals surface area contributed by atoms with Gasteiger partial charge in [0.1, 0.15) is 0 Å². The highest BCUT2D eigenvalue weighted by Crippen LogP contribution is 2.49. The molecule has 21 heavy (non-hydrogen) atoms. The lowest BCUT2D eigenvalue weighted by atomic mass is 9.96. The van der Waals surface area contributed by atoms with Gasteiger partial charge in [0.25, 0.3) is 0 Å². The van der Waals surface area contributed by atoms with E-state index in [1.54, 1.807) is 0 Å². The Morgan fingerprint density at radius 2 is 2.14 bits per heavy atom. The molecule has 0 aromatic heterocycles. The zero-order valence-corrected chi connectivity index (χ0v) is 14.1. The van der Waals surface area contributed by atoms with E-state index >= 15 is 0 Å². The molecule has 2 fully saturated rings. The summed E-state index contributed by atoms with van der Waals surface area (Å²) in [5.41, 5.74) is 1.30. The quantitative estimate of drug-likeness (QED) is 0.905. The van der Waals surface area contributed by atoms with Crippen LogP contribution < -0.4 is 5.32 Å². The van der Waals surface area contributed by atoms with Crippen molar-refractivity contribution >= 4 is 21.8 Å². The van der Waals surface area contributed by atoms with Crippen LogP contribution >= 0.6 is 15.9 Å². The van der Waals surface area contributed by atoms with Crippen molar-refractivity contribution in [3.63, 3.8) is 0 Å². The van der Waals surface area contributed by atoms with Crippen molar-refractivity contribution in [2.24, 2.45) is 11.8 Å². The SMILES string of the molecule is CNCC1CCN(C(=O)C2CC2c2cccc(Br)c2)CC1. The molecule has 2 unspecified atom stereocenters. The molecular weight excluding hydrogens is 328 g/mol. The fourth-order valence-corrected chi connectivity index (χ4v) is 3.87. The monoisotopic (exact) mass is 350 g/mol. The van der Waals surface area contributed by atoms with Gasteiger partial charge in [0.15, 0.2) is 0 Å². The molecule has 1 aliphatic carbocycles. The van der Waals surface area contributed by atoms with Gasteiger partial charge in [-0.15, -0.1) is 0 Å². The maximum absolute atomic E-state index is 12.6. The summed E-state index contributed by atoms with van der Waals surface area (Å²) >= 11 is 3.51. The molecule has 1 aliphatic heterocycles. The van der Waals surface area contributed by atoms with Crippen molar-refractivity contribution in [2.75, 3.05) is 26.7 Å². The zero-order valence-electron chi connectivity index (χ0n) is 12.5. The van der Waals surface area contributed by atoms with Crippen LogP contribution in [-0.2, 0) is 4.79 Å². The molecule has 114 valence electrons. The van der Waals surface area contributed by atoms with Crippen molar-refractivity contribution in [2.45, 2.75) is 25.2 Å². The van der Waals surface area contributed by atoms with Gasteiger partial charge < -0.3 is 10.2 Å². The smallest absolute Gasteiger partial charge is 0.226 e. The van der Waals surface area contributed by atoms with E-state index < -0.39 is 0 Å². The van der Waals surface area contributed by atoms with Crippen LogP contribution in [0.15, 0.2) is 28.7 Å². The Labute approximate surface area is 135 Å². The number of carbonyl (C=O) groups excluding carboxylic acids is 1. The number of benzene rings is 1. The minimum Gasteiger partial charge on any atom is -0.342 e. The third-order valence-corrected chi connectivity index (χ3v) is 5.30. The second-order valence-corrected chi connectivity index (χ2v) is 7.25. The minimum atomic E-state index is 0.222. The van der Waals surface area contributed by atoms with Gasteiger partial charge in [-0.2, -0.15) is 0 Å². The lowest BCUT2D eigenvalue weighted by Crippen LogP contribution is -2.41. The van der Waals surface area contributed by atoms with Crippen LogP contribution in [0.5, 0.6) is 0 Å². The number of carbonyl (C=O) groups is 1. The average molecular weight is 351 g/mol. The predicted molar refractivity (Wildman–Crippen MR) is 88.2 cm³/mol. The van der Waals surface area contributed by atoms with Crippen molar-refractivity contribution in [3.05, 3.63) is 34.3 Å². The van der Waals surface area contributed by atoms with Crippen molar-refractivity contribution in [3.8, 4) is 0 Å². The van der Waals surface area contributed by atoms with E-state index in [2.05, 4.69) is 44.3 Å². The van der Waals surface area contributed by atoms with E-state index in [-0.39, 0.29) is 5.92 Å². The number of nitrogens with one attached hydrogen (secondary N) is 1. The Morgan fingerprint density at radius 1 is 1.38 bits per heavy atom. The van der Waals surface area contributed by atoms with Gasteiger partial charge in [0.05, 0.1) is 0 Å². The van der Waals surface area contributed by atoms with E-state index in [4.69, 9.17) is 0 Å². The standard InChI is InChI=1S/C17H23BrN2O/c1-19-11-12-5-7-20(8-6-12)17(21)16-10-15(16)13-3-2-4-14(18)9-13/h2-4,9,12,15-16,19H,5-8,10-11H2,1H3. The maximum Gasteiger partial charge on any atom is 0.226 e. The van der Waals surface area contributed by atoms with Crippen LogP contribution in [0.25, 0.3) is 0 Å². The molecule has 0 bridgehead atoms. The number of amides is 1. The fourth-order valence-electron chi connectivity index (χ4n) is 3.45. The Hall–Kier alpha value is -0.870. The van der Waals surface area contributed by atoms with Crippen LogP contribution in [0.3, 0.4) is 0 Å². The average Bonchev–Trinajstić information content (AvgIpc) is 3.28. The highest BCUT2D eigenvalue weighted by molar-refractivity contribution is 9.10. The summed E-state index contributed by atoms with van der Waals surface area (Å²) in [6, 6.07) is 8.39. The number of piperidine rings is 1. The third-order valence-electron chi connectivity index (χ3n) is 4.80. The molecule has 2 aliphatic rings. The number of rotatable bonds is 4. The minimum absolute atomic E-state index is 0.222. The Balaban J connectivity index is 1.54. The maximum atomic E-state index is 12.6. The van der Waals surface area contributed by atoms with E-state index in [1.165, 1.54) is 5.56 Å². The van der Waals surface area contributed by atoms with E-state index in [0.717, 1.165) is 49.3 Å². The highest BCUT2D eigenvalue weighted by Gasteiger charge is 2.46. The molecule has 0 radical (unpaired) electrons. The molecular formula is C17H23BrN2O. The highest BCUT2D eigenvalue weighted by atomic mass is 79.9. The molecule has 2 atom stereocenters. The van der Waals surface area contributed by atoms with Crippen molar-refractivity contribution < 1.29 is 4.79 Å². The number of nitrogens with zero attached hydrogens (tertiary/aromatic N) is 1. The lowest BCUT2D eigenvalue weighted by molar-refractivity contribution is -0.134. The first kappa shape index (κ1) is 15.0. The molecule has 1 N–H and O–H groups in total. The van der Waals surface area contributed by atoms with Crippen LogP contribution in [0, 0.1) is 11.8 Å². The number of hydrogen-bond acceptors (Lipinski definition) is 2. The summed E-state index contributed by atoms with van der Waals surface area (Å²) in [6.07, 6.45) is 3.30. The number of hydrogen-bond donors (Lipinski definition) is 1. The normalized spacial score (nSPS) is 25.9. The Kier molecular flexibility index (Phi) is 4.65. The molecule has 3 nitrogen and oxygen atoms in total. The van der Waals surface area contributed by atoms with Crippen LogP contribution in [-0.4, -0.2) is 37.5 Å². The summed E-state index contributed by atoms with van der Waals surface area (Å²) in [7, 11) is 2.00. The van der Waals surface area contributed by atoms with Gasteiger partial charge in [0, 0.05) is 23.5 Å². The van der Waals surface area contributed by atoms with Gasteiger partial charge >= 0.3 is 0 Å². The molecule has 4 heteroatoms. The van der Waals surface area contributed by atoms with Crippen LogP contribution in [0.2, 0.25) is 0 Å². The fraction of sp³-hybridized carbons (Fsp3) is 0.588. The Morgan fingerprint density at radius 3 is 2.81 bits per heavy atom. The molecule has 1 saturated carbocycles. The van der Waals surface area contributed by atoms with Gasteiger partial charge in [-0.05, 0) is 62.4 Å². The van der Waals surface area contributed by atoms with E-state index in [1.807, 2.05) is 13.1 Å². The molecule has 1 saturated heterocycles. The molecule has 1 amide bonds. The van der Waals surface area contributed by atoms with Crippen molar-refractivity contribution in [1.82, 2.24) is 10.2 Å². The molecule has 1 aromatic rings. The first-order valence-electron chi connectivity index (χ1n) is 7.88. The summed E-state index contributed by atoms with van der Waals surface area (Å²) in [4.78, 5) is 14.7. The van der Waals surface area contributed by atoms with E-state index in [0.29, 0.717) is 11.8 Å². The summed E-state index contributed by atoms with van der Waals surface area (Å²) in [5, 5.41) is 3.24. The summed E-state index contributed by atoms with van der Waals surface area (Å²) < 4.78 is 1.10. The predicted octanol–water partition coefficient (Wildman–Crippen LogP) is 3.01. The molecule has 1 aromatic carbocycles. The topological polar surface area (TPSA) is 32.3 Å². The van der Waals surface area contributed by atoms with Crippen LogP contribution in [0.4, 0.5) is 0 Å². The number of likely N-dealkylation sites (tertiary alicyclic amines) is 1. The Bertz CT molecular complexity index is 511. The number of halogens is 1. The van der Waals surface area contributed by atoms with Crippen LogP contribution in [0.1, 0.15) is 30.7 Å². The first-order valence-corrected chi connectivity index (χ1v) is 8.67. The first-order chi connectivity index (χ1) is 10.2. The third kappa shape index (κ3) is 3.49. The largest absolute Gasteiger partial charge is 0.342 e. The van der Waals surface area contributed by atoms with Crippen molar-refractivity contribution in [1.29, 1.82) is 0 Å². The lowest BCUT2D eigenvalue weighted by Gasteiger charge is -2.32. The summed E-state index contributed by atoms with van der Waals surface area (Å²) in [6.45, 7) is 2.95. The molecule has 0 spiro atoms. The van der Waals surface area contributed by atoms with Gasteiger partial charge in [0.2, 0.25) is 5.91 Å². The summed E-state index contributed by atoms with van der Waals surface area (Å²) in [5.74, 6) is 1.77. The van der Waals surface area contributed by atoms with Gasteiger partial charge in [-0.1, -0.05) is 28.1 Å². The van der Waals surface area contributed by atoms with Gasteiger partial charge in [-0.3, -0.25) is 4.79 Å².